The number of carbonyl (C=O) groups is 2. The van der Waals surface area contributed by atoms with E-state index in [0.29, 0.717) is 13.0 Å². The van der Waals surface area contributed by atoms with Crippen LogP contribution in [0.3, 0.4) is 0 Å². The van der Waals surface area contributed by atoms with Gasteiger partial charge in [-0.25, -0.2) is 0 Å². The van der Waals surface area contributed by atoms with E-state index in [0.717, 1.165) is 21.7 Å². The molecular weight excluding hydrogens is 380 g/mol. The number of rotatable bonds is 4. The normalized spacial score (nSPS) is 18.2. The first-order valence-corrected chi connectivity index (χ1v) is 10.7. The molecule has 0 aliphatic carbocycles. The Labute approximate surface area is 175 Å². The lowest BCUT2D eigenvalue weighted by molar-refractivity contribution is -0.132. The fourth-order valence-electron chi connectivity index (χ4n) is 4.13. The van der Waals surface area contributed by atoms with E-state index < -0.39 is 0 Å². The third-order valence-electron chi connectivity index (χ3n) is 5.49. The highest BCUT2D eigenvalue weighted by Gasteiger charge is 2.37. The van der Waals surface area contributed by atoms with Crippen LogP contribution >= 0.6 is 11.3 Å². The molecule has 2 heterocycles. The number of fused-ring (bicyclic) bond motifs is 1. The van der Waals surface area contributed by atoms with Crippen LogP contribution in [-0.4, -0.2) is 22.8 Å². The minimum Gasteiger partial charge on any atom is -0.331 e. The summed E-state index contributed by atoms with van der Waals surface area (Å²) in [7, 11) is 0. The maximum Gasteiger partial charge on any atom is 0.268 e. The van der Waals surface area contributed by atoms with Crippen molar-refractivity contribution in [1.29, 1.82) is 0 Å². The van der Waals surface area contributed by atoms with Crippen molar-refractivity contribution in [2.75, 3.05) is 4.90 Å². The molecule has 148 valence electrons. The average Bonchev–Trinajstić information content (AvgIpc) is 3.27. The molecule has 2 atom stereocenters. The smallest absolute Gasteiger partial charge is 0.268 e. The van der Waals surface area contributed by atoms with E-state index in [9.17, 15) is 9.59 Å². The first-order valence-electron chi connectivity index (χ1n) is 9.83. The molecule has 0 saturated heterocycles. The highest BCUT2D eigenvalue weighted by molar-refractivity contribution is 7.12. The first-order chi connectivity index (χ1) is 14.1. The number of para-hydroxylation sites is 1. The number of nitrogens with zero attached hydrogens (tertiary/aromatic N) is 2. The fraction of sp³-hybridized carbons (Fsp3) is 0.250. The predicted octanol–water partition coefficient (Wildman–Crippen LogP) is 5.28. The molecule has 29 heavy (non-hydrogen) atoms. The number of carbonyl (C=O) groups excluding carboxylic acids is 2. The van der Waals surface area contributed by atoms with Gasteiger partial charge in [-0.2, -0.15) is 0 Å². The van der Waals surface area contributed by atoms with E-state index in [1.807, 2.05) is 81.9 Å². The molecule has 5 heteroatoms. The second kappa shape index (κ2) is 8.21. The molecule has 0 fully saturated rings. The summed E-state index contributed by atoms with van der Waals surface area (Å²) >= 11 is 1.46. The van der Waals surface area contributed by atoms with Gasteiger partial charge in [0.25, 0.3) is 5.91 Å². The van der Waals surface area contributed by atoms with Gasteiger partial charge < -0.3 is 9.80 Å². The van der Waals surface area contributed by atoms with Gasteiger partial charge in [0.15, 0.2) is 0 Å². The molecule has 0 saturated carbocycles. The Hall–Kier alpha value is -2.92. The lowest BCUT2D eigenvalue weighted by atomic mass is 9.90. The van der Waals surface area contributed by atoms with Gasteiger partial charge in [0.05, 0.1) is 10.9 Å². The van der Waals surface area contributed by atoms with E-state index in [4.69, 9.17) is 0 Å². The molecule has 1 aliphatic heterocycles. The third kappa shape index (κ3) is 3.83. The van der Waals surface area contributed by atoms with Crippen molar-refractivity contribution >= 4 is 28.8 Å². The van der Waals surface area contributed by atoms with Crippen LogP contribution in [0, 0.1) is 0 Å². The van der Waals surface area contributed by atoms with E-state index in [-0.39, 0.29) is 23.9 Å². The molecule has 4 nitrogen and oxygen atoms in total. The highest BCUT2D eigenvalue weighted by Crippen LogP contribution is 2.41. The molecule has 2 aromatic carbocycles. The topological polar surface area (TPSA) is 40.6 Å². The van der Waals surface area contributed by atoms with Gasteiger partial charge in [0, 0.05) is 25.2 Å². The highest BCUT2D eigenvalue weighted by atomic mass is 32.1. The van der Waals surface area contributed by atoms with Crippen molar-refractivity contribution in [3.05, 3.63) is 88.1 Å². The first kappa shape index (κ1) is 19.4. The molecule has 0 radical (unpaired) electrons. The SMILES string of the molecule is CC(=O)N(Cc1ccccc1)C1CC(C)N(C(=O)c2cccs2)c2ccccc21. The summed E-state index contributed by atoms with van der Waals surface area (Å²) < 4.78 is 0. The average molecular weight is 405 g/mol. The summed E-state index contributed by atoms with van der Waals surface area (Å²) in [6.07, 6.45) is 0.709. The molecule has 2 unspecified atom stereocenters. The third-order valence-corrected chi connectivity index (χ3v) is 6.35. The fourth-order valence-corrected chi connectivity index (χ4v) is 4.79. The standard InChI is InChI=1S/C24H24N2O2S/c1-17-15-22(25(18(2)27)16-19-9-4-3-5-10-19)20-11-6-7-12-21(20)26(17)24(28)23-13-8-14-29-23/h3-14,17,22H,15-16H2,1-2H3. The lowest BCUT2D eigenvalue weighted by Gasteiger charge is -2.43. The summed E-state index contributed by atoms with van der Waals surface area (Å²) in [4.78, 5) is 30.4. The van der Waals surface area contributed by atoms with Crippen molar-refractivity contribution in [3.63, 3.8) is 0 Å². The summed E-state index contributed by atoms with van der Waals surface area (Å²) in [5.74, 6) is 0.0646. The number of thiophene rings is 1. The second-order valence-electron chi connectivity index (χ2n) is 7.44. The van der Waals surface area contributed by atoms with Crippen LogP contribution in [0.2, 0.25) is 0 Å². The maximum atomic E-state index is 13.2. The zero-order valence-electron chi connectivity index (χ0n) is 16.6. The summed E-state index contributed by atoms with van der Waals surface area (Å²) in [6, 6.07) is 21.7. The maximum absolute atomic E-state index is 13.2. The molecule has 0 bridgehead atoms. The van der Waals surface area contributed by atoms with E-state index in [1.54, 1.807) is 6.92 Å². The van der Waals surface area contributed by atoms with Crippen molar-refractivity contribution in [2.45, 2.75) is 38.9 Å². The Morgan fingerprint density at radius 3 is 2.45 bits per heavy atom. The lowest BCUT2D eigenvalue weighted by Crippen LogP contribution is -2.47. The van der Waals surface area contributed by atoms with Crippen molar-refractivity contribution in [2.24, 2.45) is 0 Å². The van der Waals surface area contributed by atoms with E-state index >= 15 is 0 Å². The van der Waals surface area contributed by atoms with Crippen LogP contribution in [0.15, 0.2) is 72.1 Å². The van der Waals surface area contributed by atoms with Crippen LogP contribution < -0.4 is 4.90 Å². The number of hydrogen-bond donors (Lipinski definition) is 0. The molecule has 0 N–H and O–H groups in total. The van der Waals surface area contributed by atoms with E-state index in [2.05, 4.69) is 6.92 Å². The van der Waals surface area contributed by atoms with Gasteiger partial charge in [-0.1, -0.05) is 54.6 Å². The molecule has 3 aromatic rings. The zero-order valence-corrected chi connectivity index (χ0v) is 17.4. The second-order valence-corrected chi connectivity index (χ2v) is 8.39. The summed E-state index contributed by atoms with van der Waals surface area (Å²) in [5.41, 5.74) is 3.03. The van der Waals surface area contributed by atoms with Crippen LogP contribution in [0.25, 0.3) is 0 Å². The van der Waals surface area contributed by atoms with Crippen molar-refractivity contribution in [3.8, 4) is 0 Å². The Balaban J connectivity index is 1.72. The Morgan fingerprint density at radius 2 is 1.76 bits per heavy atom. The largest absolute Gasteiger partial charge is 0.331 e. The minimum atomic E-state index is -0.0636. The zero-order chi connectivity index (χ0) is 20.4. The number of amides is 2. The van der Waals surface area contributed by atoms with Crippen LogP contribution in [0.5, 0.6) is 0 Å². The Bertz CT molecular complexity index is 1000. The monoisotopic (exact) mass is 404 g/mol. The quantitative estimate of drug-likeness (QED) is 0.594. The van der Waals surface area contributed by atoms with Crippen LogP contribution in [0.1, 0.15) is 47.1 Å². The van der Waals surface area contributed by atoms with Gasteiger partial charge in [0.1, 0.15) is 0 Å². The molecule has 4 rings (SSSR count). The van der Waals surface area contributed by atoms with Crippen molar-refractivity contribution < 1.29 is 9.59 Å². The van der Waals surface area contributed by atoms with Crippen LogP contribution in [-0.2, 0) is 11.3 Å². The Kier molecular flexibility index (Phi) is 5.49. The minimum absolute atomic E-state index is 0.0119. The molecule has 0 spiro atoms. The van der Waals surface area contributed by atoms with Gasteiger partial charge in [-0.05, 0) is 42.0 Å². The number of hydrogen-bond acceptors (Lipinski definition) is 3. The van der Waals surface area contributed by atoms with Gasteiger partial charge in [0.2, 0.25) is 5.91 Å². The molecule has 1 aromatic heterocycles. The molecule has 1 aliphatic rings. The number of anilines is 1. The van der Waals surface area contributed by atoms with Gasteiger partial charge in [-0.15, -0.1) is 11.3 Å². The van der Waals surface area contributed by atoms with Gasteiger partial charge >= 0.3 is 0 Å². The summed E-state index contributed by atoms with van der Waals surface area (Å²) in [6.45, 7) is 4.25. The molecular formula is C24H24N2O2S. The molecule has 2 amide bonds. The van der Waals surface area contributed by atoms with Crippen molar-refractivity contribution in [1.82, 2.24) is 4.90 Å². The van der Waals surface area contributed by atoms with Gasteiger partial charge in [-0.3, -0.25) is 9.59 Å². The predicted molar refractivity (Wildman–Crippen MR) is 117 cm³/mol. The summed E-state index contributed by atoms with van der Waals surface area (Å²) in [5, 5.41) is 1.92. The van der Waals surface area contributed by atoms with Crippen LogP contribution in [0.4, 0.5) is 5.69 Å². The van der Waals surface area contributed by atoms with E-state index in [1.165, 1.54) is 11.3 Å². The Morgan fingerprint density at radius 1 is 1.03 bits per heavy atom. The number of benzene rings is 2.